The third-order valence-electron chi connectivity index (χ3n) is 3.12. The van der Waals surface area contributed by atoms with Crippen LogP contribution in [0, 0.1) is 6.92 Å². The number of benzene rings is 2. The molecule has 0 saturated carbocycles. The van der Waals surface area contributed by atoms with Gasteiger partial charge in [0.2, 0.25) is 0 Å². The summed E-state index contributed by atoms with van der Waals surface area (Å²) in [5, 5.41) is 4.10. The Morgan fingerprint density at radius 1 is 1.05 bits per heavy atom. The van der Waals surface area contributed by atoms with E-state index in [1.54, 1.807) is 0 Å². The van der Waals surface area contributed by atoms with Gasteiger partial charge in [0.25, 0.3) is 0 Å². The molecule has 112 valence electrons. The van der Waals surface area contributed by atoms with Crippen LogP contribution in [0.15, 0.2) is 42.5 Å². The standard InChI is InChI=1S/C18H22ClNO/c1-13-11-14(12-20-18(2,3)4)9-10-16(13)21-17-8-6-5-7-15(17)19/h5-11,20H,12H2,1-4H3. The molecule has 0 amide bonds. The Morgan fingerprint density at radius 2 is 1.76 bits per heavy atom. The molecule has 0 aliphatic carbocycles. The molecule has 0 fully saturated rings. The van der Waals surface area contributed by atoms with Crippen LogP contribution in [-0.2, 0) is 6.54 Å². The molecule has 0 unspecified atom stereocenters. The number of hydrogen-bond acceptors (Lipinski definition) is 2. The first kappa shape index (κ1) is 15.9. The second-order valence-electron chi connectivity index (χ2n) is 6.24. The van der Waals surface area contributed by atoms with Crippen LogP contribution in [0.5, 0.6) is 11.5 Å². The Hall–Kier alpha value is -1.51. The lowest BCUT2D eigenvalue weighted by Crippen LogP contribution is -2.35. The highest BCUT2D eigenvalue weighted by atomic mass is 35.5. The largest absolute Gasteiger partial charge is 0.456 e. The van der Waals surface area contributed by atoms with Gasteiger partial charge >= 0.3 is 0 Å². The number of nitrogens with one attached hydrogen (secondary N) is 1. The van der Waals surface area contributed by atoms with Crippen LogP contribution < -0.4 is 10.1 Å². The molecule has 3 heteroatoms. The van der Waals surface area contributed by atoms with Crippen molar-refractivity contribution >= 4 is 11.6 Å². The Labute approximate surface area is 132 Å². The summed E-state index contributed by atoms with van der Waals surface area (Å²) in [6, 6.07) is 13.7. The summed E-state index contributed by atoms with van der Waals surface area (Å²) >= 11 is 6.12. The van der Waals surface area contributed by atoms with E-state index in [9.17, 15) is 0 Å². The number of halogens is 1. The van der Waals surface area contributed by atoms with E-state index in [0.717, 1.165) is 17.9 Å². The smallest absolute Gasteiger partial charge is 0.146 e. The zero-order chi connectivity index (χ0) is 15.5. The van der Waals surface area contributed by atoms with Crippen LogP contribution in [0.2, 0.25) is 5.02 Å². The quantitative estimate of drug-likeness (QED) is 0.824. The van der Waals surface area contributed by atoms with Gasteiger partial charge in [0.15, 0.2) is 0 Å². The van der Waals surface area contributed by atoms with E-state index in [4.69, 9.17) is 16.3 Å². The van der Waals surface area contributed by atoms with E-state index >= 15 is 0 Å². The minimum atomic E-state index is 0.112. The normalized spacial score (nSPS) is 11.5. The summed E-state index contributed by atoms with van der Waals surface area (Å²) in [6.07, 6.45) is 0. The lowest BCUT2D eigenvalue weighted by atomic mass is 10.1. The molecular weight excluding hydrogens is 282 g/mol. The first-order valence-corrected chi connectivity index (χ1v) is 7.50. The second-order valence-corrected chi connectivity index (χ2v) is 6.64. The fourth-order valence-corrected chi connectivity index (χ4v) is 2.12. The Morgan fingerprint density at radius 3 is 2.38 bits per heavy atom. The molecule has 0 radical (unpaired) electrons. The van der Waals surface area contributed by atoms with Crippen molar-refractivity contribution in [2.45, 2.75) is 39.8 Å². The monoisotopic (exact) mass is 303 g/mol. The zero-order valence-electron chi connectivity index (χ0n) is 13.0. The Balaban J connectivity index is 2.11. The predicted molar refractivity (Wildman–Crippen MR) is 89.3 cm³/mol. The van der Waals surface area contributed by atoms with Crippen LogP contribution >= 0.6 is 11.6 Å². The van der Waals surface area contributed by atoms with Gasteiger partial charge in [0.1, 0.15) is 11.5 Å². The summed E-state index contributed by atoms with van der Waals surface area (Å²) in [4.78, 5) is 0. The van der Waals surface area contributed by atoms with Gasteiger partial charge in [-0.25, -0.2) is 0 Å². The maximum atomic E-state index is 6.12. The fourth-order valence-electron chi connectivity index (χ4n) is 1.95. The van der Waals surface area contributed by atoms with Crippen molar-refractivity contribution in [3.8, 4) is 11.5 Å². The van der Waals surface area contributed by atoms with Gasteiger partial charge in [-0.1, -0.05) is 35.9 Å². The topological polar surface area (TPSA) is 21.3 Å². The second kappa shape index (κ2) is 6.50. The van der Waals surface area contributed by atoms with Crippen molar-refractivity contribution in [3.05, 3.63) is 58.6 Å². The number of hydrogen-bond donors (Lipinski definition) is 1. The number of aryl methyl sites for hydroxylation is 1. The molecule has 1 N–H and O–H groups in total. The van der Waals surface area contributed by atoms with Gasteiger partial charge in [0.05, 0.1) is 5.02 Å². The molecule has 2 nitrogen and oxygen atoms in total. The van der Waals surface area contributed by atoms with E-state index < -0.39 is 0 Å². The van der Waals surface area contributed by atoms with Crippen LogP contribution in [0.4, 0.5) is 0 Å². The van der Waals surface area contributed by atoms with Gasteiger partial charge in [-0.15, -0.1) is 0 Å². The minimum absolute atomic E-state index is 0.112. The lowest BCUT2D eigenvalue weighted by molar-refractivity contribution is 0.424. The third-order valence-corrected chi connectivity index (χ3v) is 3.43. The van der Waals surface area contributed by atoms with Crippen LogP contribution in [0.1, 0.15) is 31.9 Å². The van der Waals surface area contributed by atoms with Gasteiger partial charge in [-0.05, 0) is 57.0 Å². The van der Waals surface area contributed by atoms with Gasteiger partial charge in [0, 0.05) is 12.1 Å². The van der Waals surface area contributed by atoms with Crippen LogP contribution in [0.3, 0.4) is 0 Å². The summed E-state index contributed by atoms with van der Waals surface area (Å²) in [6.45, 7) is 9.38. The number of para-hydroxylation sites is 1. The van der Waals surface area contributed by atoms with Gasteiger partial charge in [-0.2, -0.15) is 0 Å². The van der Waals surface area contributed by atoms with E-state index in [0.29, 0.717) is 10.8 Å². The van der Waals surface area contributed by atoms with Crippen LogP contribution in [-0.4, -0.2) is 5.54 Å². The van der Waals surface area contributed by atoms with E-state index in [2.05, 4.69) is 38.2 Å². The summed E-state index contributed by atoms with van der Waals surface area (Å²) in [7, 11) is 0. The molecule has 0 aromatic heterocycles. The molecular formula is C18H22ClNO. The Kier molecular flexibility index (Phi) is 4.92. The third kappa shape index (κ3) is 4.76. The molecule has 2 aromatic rings. The highest BCUT2D eigenvalue weighted by Crippen LogP contribution is 2.31. The molecule has 2 aromatic carbocycles. The van der Waals surface area contributed by atoms with E-state index in [-0.39, 0.29) is 5.54 Å². The highest BCUT2D eigenvalue weighted by Gasteiger charge is 2.10. The van der Waals surface area contributed by atoms with Crippen molar-refractivity contribution in [1.82, 2.24) is 5.32 Å². The summed E-state index contributed by atoms with van der Waals surface area (Å²) < 4.78 is 5.89. The first-order valence-electron chi connectivity index (χ1n) is 7.12. The summed E-state index contributed by atoms with van der Waals surface area (Å²) in [5.74, 6) is 1.52. The van der Waals surface area contributed by atoms with Crippen molar-refractivity contribution in [2.24, 2.45) is 0 Å². The highest BCUT2D eigenvalue weighted by molar-refractivity contribution is 6.32. The maximum Gasteiger partial charge on any atom is 0.146 e. The van der Waals surface area contributed by atoms with Crippen molar-refractivity contribution in [1.29, 1.82) is 0 Å². The fraction of sp³-hybridized carbons (Fsp3) is 0.333. The van der Waals surface area contributed by atoms with Gasteiger partial charge in [-0.3, -0.25) is 0 Å². The van der Waals surface area contributed by atoms with Crippen molar-refractivity contribution in [2.75, 3.05) is 0 Å². The minimum Gasteiger partial charge on any atom is -0.456 e. The molecule has 2 rings (SSSR count). The number of ether oxygens (including phenoxy) is 1. The van der Waals surface area contributed by atoms with E-state index in [1.165, 1.54) is 5.56 Å². The lowest BCUT2D eigenvalue weighted by Gasteiger charge is -2.21. The molecule has 21 heavy (non-hydrogen) atoms. The zero-order valence-corrected chi connectivity index (χ0v) is 13.8. The molecule has 0 saturated heterocycles. The Bertz CT molecular complexity index is 617. The van der Waals surface area contributed by atoms with Crippen molar-refractivity contribution < 1.29 is 4.74 Å². The molecule has 0 heterocycles. The average molecular weight is 304 g/mol. The number of rotatable bonds is 4. The van der Waals surface area contributed by atoms with E-state index in [1.807, 2.05) is 37.3 Å². The first-order chi connectivity index (χ1) is 9.85. The molecule has 0 aliphatic rings. The maximum absolute atomic E-state index is 6.12. The average Bonchev–Trinajstić information content (AvgIpc) is 2.41. The molecule has 0 aliphatic heterocycles. The molecule has 0 bridgehead atoms. The molecule has 0 atom stereocenters. The SMILES string of the molecule is Cc1cc(CNC(C)(C)C)ccc1Oc1ccccc1Cl. The van der Waals surface area contributed by atoms with Crippen molar-refractivity contribution in [3.63, 3.8) is 0 Å². The van der Waals surface area contributed by atoms with Gasteiger partial charge < -0.3 is 10.1 Å². The predicted octanol–water partition coefficient (Wildman–Crippen LogP) is 5.33. The summed E-state index contributed by atoms with van der Waals surface area (Å²) in [5.41, 5.74) is 2.46. The van der Waals surface area contributed by atoms with Crippen LogP contribution in [0.25, 0.3) is 0 Å². The molecule has 0 spiro atoms.